The van der Waals surface area contributed by atoms with Crippen LogP contribution in [0.2, 0.25) is 0 Å². The lowest BCUT2D eigenvalue weighted by Crippen LogP contribution is -2.29. The van der Waals surface area contributed by atoms with Crippen LogP contribution in [-0.2, 0) is 25.2 Å². The molecule has 0 fully saturated rings. The molecule has 0 spiro atoms. The second kappa shape index (κ2) is 15.5. The number of halogens is 6. The molecular weight excluding hydrogens is 841 g/mol. The Morgan fingerprint density at radius 1 is 0.409 bits per heavy atom. The fourth-order valence-electron chi connectivity index (χ4n) is 11.1. The van der Waals surface area contributed by atoms with Gasteiger partial charge in [0.2, 0.25) is 0 Å². The first kappa shape index (κ1) is 46.5. The predicted octanol–water partition coefficient (Wildman–Crippen LogP) is 16.9. The van der Waals surface area contributed by atoms with E-state index in [1.807, 2.05) is 0 Å². The third-order valence-electron chi connectivity index (χ3n) is 16.4. The van der Waals surface area contributed by atoms with Gasteiger partial charge < -0.3 is 9.80 Å². The average molecular weight is 898 g/mol. The van der Waals surface area contributed by atoms with E-state index < -0.39 is 29.0 Å². The third-order valence-corrected chi connectivity index (χ3v) is 16.4. The van der Waals surface area contributed by atoms with Gasteiger partial charge in [-0.05, 0) is 257 Å². The largest absolute Gasteiger partial charge is 0.417 e. The minimum Gasteiger partial charge on any atom is -0.307 e. The van der Waals surface area contributed by atoms with Crippen LogP contribution in [0.5, 0.6) is 0 Å². The SMILES string of the molecule is Cc1c(C)c(C)c2c(c1C)Cc1c(C)c(C)c(C)c(C)c1N2c1cc(-c2ccc(C(F)(F)F)cc2C(F)(F)F)cc(C#N)c1N1c2c(C)c(C)c(C)c(C)c2Cc2c(C)c(C)c(C)c(C)c21. The molecule has 0 unspecified atom stereocenters. The summed E-state index contributed by atoms with van der Waals surface area (Å²) in [4.78, 5) is 4.41. The van der Waals surface area contributed by atoms with Gasteiger partial charge in [-0.2, -0.15) is 31.6 Å². The van der Waals surface area contributed by atoms with E-state index >= 15 is 13.2 Å². The quantitative estimate of drug-likeness (QED) is 0.166. The molecule has 342 valence electrons. The van der Waals surface area contributed by atoms with Crippen LogP contribution in [0.4, 0.5) is 60.5 Å². The van der Waals surface area contributed by atoms with E-state index in [4.69, 9.17) is 0 Å². The normalized spacial score (nSPS) is 13.4. The second-order valence-corrected chi connectivity index (χ2v) is 19.1. The number of alkyl halides is 6. The van der Waals surface area contributed by atoms with E-state index in [9.17, 15) is 18.4 Å². The molecule has 0 radical (unpaired) electrons. The Morgan fingerprint density at radius 2 is 0.758 bits per heavy atom. The highest BCUT2D eigenvalue weighted by Crippen LogP contribution is 2.60. The molecule has 0 N–H and O–H groups in total. The van der Waals surface area contributed by atoms with Gasteiger partial charge in [0.1, 0.15) is 6.07 Å². The summed E-state index contributed by atoms with van der Waals surface area (Å²) < 4.78 is 88.2. The lowest BCUT2D eigenvalue weighted by Gasteiger charge is -2.44. The van der Waals surface area contributed by atoms with Crippen molar-refractivity contribution in [2.75, 3.05) is 9.80 Å². The number of nitrogens with zero attached hydrogens (tertiary/aromatic N) is 3. The van der Waals surface area contributed by atoms with Gasteiger partial charge in [0.05, 0.1) is 50.8 Å². The number of nitriles is 1. The summed E-state index contributed by atoms with van der Waals surface area (Å²) in [6.07, 6.45) is -8.92. The maximum atomic E-state index is 15.2. The van der Waals surface area contributed by atoms with Crippen LogP contribution in [0.1, 0.15) is 128 Å². The Hall–Kier alpha value is -6.01. The van der Waals surface area contributed by atoms with E-state index in [-0.39, 0.29) is 17.2 Å². The van der Waals surface area contributed by atoms with Gasteiger partial charge >= 0.3 is 12.4 Å². The third kappa shape index (κ3) is 6.60. The number of benzene rings is 6. The van der Waals surface area contributed by atoms with Crippen molar-refractivity contribution in [2.45, 2.75) is 136 Å². The zero-order chi connectivity index (χ0) is 48.7. The monoisotopic (exact) mass is 897 g/mol. The van der Waals surface area contributed by atoms with Crippen LogP contribution < -0.4 is 9.80 Å². The summed E-state index contributed by atoms with van der Waals surface area (Å²) in [7, 11) is 0. The molecule has 0 atom stereocenters. The maximum Gasteiger partial charge on any atom is 0.417 e. The molecule has 3 nitrogen and oxygen atoms in total. The second-order valence-electron chi connectivity index (χ2n) is 19.1. The summed E-state index contributed by atoms with van der Waals surface area (Å²) in [5.41, 5.74) is 23.1. The first-order valence-corrected chi connectivity index (χ1v) is 22.5. The topological polar surface area (TPSA) is 30.3 Å². The Kier molecular flexibility index (Phi) is 11.0. The van der Waals surface area contributed by atoms with Crippen molar-refractivity contribution in [1.82, 2.24) is 0 Å². The van der Waals surface area contributed by atoms with Crippen LogP contribution in [0.3, 0.4) is 0 Å². The molecule has 2 heterocycles. The van der Waals surface area contributed by atoms with Crippen LogP contribution in [0.15, 0.2) is 30.3 Å². The van der Waals surface area contributed by atoms with Crippen LogP contribution >= 0.6 is 0 Å². The standard InChI is InChI=1S/C57H57F6N3/c1-25-29(5)37(13)51-45(33(25)9)22-46-34(10)26(2)30(6)38(14)52(46)65(51)50-20-41(44-18-17-43(56(58,59)60)21-49(44)57(61,62)63)19-42(24-64)55(50)66-53-39(15)31(7)27(3)35(11)47(53)23-48-36(12)28(4)32(8)40(16)54(48)66/h17-21H,22-23H2,1-16H3. The number of fused-ring (bicyclic) bond motifs is 4. The van der Waals surface area contributed by atoms with Crippen molar-refractivity contribution < 1.29 is 26.3 Å². The summed E-state index contributed by atoms with van der Waals surface area (Å²) in [6.45, 7) is 33.8. The van der Waals surface area contributed by atoms with Crippen LogP contribution in [0, 0.1) is 122 Å². The van der Waals surface area contributed by atoms with Crippen molar-refractivity contribution in [3.63, 3.8) is 0 Å². The van der Waals surface area contributed by atoms with E-state index in [0.29, 0.717) is 30.3 Å². The van der Waals surface area contributed by atoms with Crippen molar-refractivity contribution >= 4 is 34.1 Å². The van der Waals surface area contributed by atoms with Crippen molar-refractivity contribution in [3.8, 4) is 17.2 Å². The minimum atomic E-state index is -5.16. The highest BCUT2D eigenvalue weighted by atomic mass is 19.4. The highest BCUT2D eigenvalue weighted by Gasteiger charge is 2.42. The molecule has 6 aromatic rings. The fourth-order valence-corrected chi connectivity index (χ4v) is 11.1. The summed E-state index contributed by atoms with van der Waals surface area (Å²) in [6, 6.07) is 7.39. The van der Waals surface area contributed by atoms with Crippen molar-refractivity contribution in [3.05, 3.63) is 158 Å². The van der Waals surface area contributed by atoms with Gasteiger partial charge in [-0.1, -0.05) is 6.07 Å². The Labute approximate surface area is 385 Å². The van der Waals surface area contributed by atoms with Gasteiger partial charge in [0.25, 0.3) is 0 Å². The first-order valence-electron chi connectivity index (χ1n) is 22.5. The van der Waals surface area contributed by atoms with Crippen LogP contribution in [-0.4, -0.2) is 0 Å². The Bertz CT molecular complexity index is 3050. The molecular formula is C57H57F6N3. The number of anilines is 6. The van der Waals surface area contributed by atoms with Gasteiger partial charge in [-0.15, -0.1) is 0 Å². The summed E-state index contributed by atoms with van der Waals surface area (Å²) in [5, 5.41) is 11.6. The van der Waals surface area contributed by atoms with Crippen LogP contribution in [0.25, 0.3) is 11.1 Å². The lowest BCUT2D eigenvalue weighted by atomic mass is 9.79. The molecule has 0 saturated heterocycles. The molecule has 2 aliphatic rings. The number of hydrogen-bond donors (Lipinski definition) is 0. The molecule has 9 heteroatoms. The minimum absolute atomic E-state index is 0.0186. The van der Waals surface area contributed by atoms with E-state index in [2.05, 4.69) is 127 Å². The average Bonchev–Trinajstić information content (AvgIpc) is 3.28. The molecule has 0 saturated carbocycles. The van der Waals surface area contributed by atoms with Gasteiger partial charge in [-0.3, -0.25) is 0 Å². The lowest BCUT2D eigenvalue weighted by molar-refractivity contribution is -0.142. The summed E-state index contributed by atoms with van der Waals surface area (Å²) >= 11 is 0. The van der Waals surface area contributed by atoms with E-state index in [1.165, 1.54) is 17.2 Å². The Balaban J connectivity index is 1.67. The number of hydrogen-bond acceptors (Lipinski definition) is 3. The highest BCUT2D eigenvalue weighted by molar-refractivity contribution is 6.03. The molecule has 0 aromatic heterocycles. The molecule has 0 amide bonds. The van der Waals surface area contributed by atoms with E-state index in [1.54, 1.807) is 6.07 Å². The molecule has 0 bridgehead atoms. The predicted molar refractivity (Wildman–Crippen MR) is 257 cm³/mol. The first-order chi connectivity index (χ1) is 30.7. The van der Waals surface area contributed by atoms with Crippen molar-refractivity contribution in [1.29, 1.82) is 5.26 Å². The smallest absolute Gasteiger partial charge is 0.307 e. The van der Waals surface area contributed by atoms with E-state index in [0.717, 1.165) is 129 Å². The Morgan fingerprint density at radius 3 is 1.09 bits per heavy atom. The molecule has 8 rings (SSSR count). The zero-order valence-electron chi connectivity index (χ0n) is 40.9. The van der Waals surface area contributed by atoms with Crippen molar-refractivity contribution in [2.24, 2.45) is 0 Å². The van der Waals surface area contributed by atoms with Gasteiger partial charge in [-0.25, -0.2) is 0 Å². The molecule has 0 aliphatic carbocycles. The molecule has 6 aromatic carbocycles. The zero-order valence-corrected chi connectivity index (χ0v) is 40.9. The maximum absolute atomic E-state index is 15.2. The van der Waals surface area contributed by atoms with Gasteiger partial charge in [0.15, 0.2) is 0 Å². The summed E-state index contributed by atoms with van der Waals surface area (Å²) in [5.74, 6) is 0. The fraction of sp³-hybridized carbons (Fsp3) is 0.351. The number of rotatable bonds is 3. The van der Waals surface area contributed by atoms with Gasteiger partial charge in [0, 0.05) is 12.8 Å². The molecule has 2 aliphatic heterocycles. The molecule has 66 heavy (non-hydrogen) atoms.